The molecule has 0 saturated carbocycles. The first-order chi connectivity index (χ1) is 13.8. The zero-order chi connectivity index (χ0) is 21.1. The van der Waals surface area contributed by atoms with Crippen LogP contribution < -0.4 is 10.6 Å². The third kappa shape index (κ3) is 4.21. The Balaban J connectivity index is 1.95. The smallest absolute Gasteiger partial charge is 0.276 e. The Kier molecular flexibility index (Phi) is 5.81. The number of aromatic nitrogens is 4. The van der Waals surface area contributed by atoms with Crippen LogP contribution in [0.5, 0.6) is 0 Å². The minimum atomic E-state index is -0.360. The topological polar surface area (TPSA) is 93.8 Å². The summed E-state index contributed by atoms with van der Waals surface area (Å²) >= 11 is 0. The summed E-state index contributed by atoms with van der Waals surface area (Å²) in [6.07, 6.45) is 0. The second-order valence-electron chi connectivity index (χ2n) is 7.12. The van der Waals surface area contributed by atoms with Gasteiger partial charge in [0.2, 0.25) is 5.91 Å². The molecular weight excluding hydrogens is 368 g/mol. The Morgan fingerprint density at radius 1 is 1.07 bits per heavy atom. The Hall–Kier alpha value is -3.42. The average molecular weight is 394 g/mol. The van der Waals surface area contributed by atoms with Crippen LogP contribution in [0.25, 0.3) is 5.69 Å². The molecular formula is C21H26N6O2. The molecule has 0 aliphatic heterocycles. The summed E-state index contributed by atoms with van der Waals surface area (Å²) in [5.41, 5.74) is 3.26. The summed E-state index contributed by atoms with van der Waals surface area (Å²) in [5.74, 6) is -0.263. The molecule has 8 heteroatoms. The van der Waals surface area contributed by atoms with Crippen LogP contribution in [0.15, 0.2) is 36.4 Å². The molecule has 2 amide bonds. The van der Waals surface area contributed by atoms with Crippen molar-refractivity contribution < 1.29 is 9.59 Å². The van der Waals surface area contributed by atoms with E-state index >= 15 is 0 Å². The molecule has 3 aromatic rings. The molecule has 0 aliphatic rings. The number of hydrogen-bond acceptors (Lipinski definition) is 4. The summed E-state index contributed by atoms with van der Waals surface area (Å²) in [6, 6.07) is 10.9. The number of nitrogens with one attached hydrogen (secondary N) is 2. The standard InChI is InChI=1S/C21H26N6O2/c1-6-26-15(5)19(14(4)24-26)23-21(29)17-12-18(22-20(28)13(2)3)27(25-17)16-10-8-7-9-11-16/h7-13H,6H2,1-5H3,(H,22,28)(H,23,29). The van der Waals surface area contributed by atoms with E-state index in [0.717, 1.165) is 23.6 Å². The third-order valence-electron chi connectivity index (χ3n) is 4.64. The predicted octanol–water partition coefficient (Wildman–Crippen LogP) is 3.55. The molecule has 29 heavy (non-hydrogen) atoms. The summed E-state index contributed by atoms with van der Waals surface area (Å²) in [5, 5.41) is 14.6. The van der Waals surface area contributed by atoms with Gasteiger partial charge in [-0.1, -0.05) is 32.0 Å². The van der Waals surface area contributed by atoms with Crippen molar-refractivity contribution in [1.82, 2.24) is 19.6 Å². The van der Waals surface area contributed by atoms with Crippen molar-refractivity contribution in [3.05, 3.63) is 53.5 Å². The number of amides is 2. The maximum Gasteiger partial charge on any atom is 0.276 e. The normalized spacial score (nSPS) is 11.0. The van der Waals surface area contributed by atoms with Crippen LogP contribution in [0, 0.1) is 19.8 Å². The van der Waals surface area contributed by atoms with Gasteiger partial charge in [0.1, 0.15) is 5.82 Å². The van der Waals surface area contributed by atoms with Gasteiger partial charge in [-0.05, 0) is 32.9 Å². The van der Waals surface area contributed by atoms with E-state index in [2.05, 4.69) is 20.8 Å². The lowest BCUT2D eigenvalue weighted by molar-refractivity contribution is -0.118. The number of carbonyl (C=O) groups excluding carboxylic acids is 2. The van der Waals surface area contributed by atoms with Gasteiger partial charge in [-0.15, -0.1) is 0 Å². The van der Waals surface area contributed by atoms with E-state index in [1.54, 1.807) is 10.7 Å². The highest BCUT2D eigenvalue weighted by Gasteiger charge is 2.20. The summed E-state index contributed by atoms with van der Waals surface area (Å²) < 4.78 is 3.40. The molecule has 8 nitrogen and oxygen atoms in total. The fraction of sp³-hybridized carbons (Fsp3) is 0.333. The van der Waals surface area contributed by atoms with Crippen molar-refractivity contribution in [2.75, 3.05) is 10.6 Å². The van der Waals surface area contributed by atoms with Crippen LogP contribution in [-0.2, 0) is 11.3 Å². The molecule has 2 aromatic heterocycles. The van der Waals surface area contributed by atoms with Crippen LogP contribution in [0.1, 0.15) is 42.6 Å². The van der Waals surface area contributed by atoms with Gasteiger partial charge in [0.25, 0.3) is 5.91 Å². The van der Waals surface area contributed by atoms with Gasteiger partial charge >= 0.3 is 0 Å². The Morgan fingerprint density at radius 3 is 2.34 bits per heavy atom. The first kappa shape index (κ1) is 20.3. The van der Waals surface area contributed by atoms with Crippen LogP contribution in [0.2, 0.25) is 0 Å². The van der Waals surface area contributed by atoms with Gasteiger partial charge < -0.3 is 10.6 Å². The van der Waals surface area contributed by atoms with Crippen molar-refractivity contribution in [2.24, 2.45) is 5.92 Å². The van der Waals surface area contributed by atoms with E-state index in [9.17, 15) is 9.59 Å². The molecule has 0 spiro atoms. The van der Waals surface area contributed by atoms with Crippen molar-refractivity contribution >= 4 is 23.3 Å². The maximum absolute atomic E-state index is 12.9. The minimum absolute atomic E-state index is 0.148. The lowest BCUT2D eigenvalue weighted by atomic mass is 10.2. The number of nitrogens with zero attached hydrogens (tertiary/aromatic N) is 4. The molecule has 0 radical (unpaired) electrons. The zero-order valence-corrected chi connectivity index (χ0v) is 17.4. The van der Waals surface area contributed by atoms with Gasteiger partial charge in [0.05, 0.1) is 22.8 Å². The largest absolute Gasteiger partial charge is 0.317 e. The Morgan fingerprint density at radius 2 is 1.76 bits per heavy atom. The van der Waals surface area contributed by atoms with Crippen molar-refractivity contribution in [3.63, 3.8) is 0 Å². The Labute approximate surface area is 169 Å². The summed E-state index contributed by atoms with van der Waals surface area (Å²) in [7, 11) is 0. The van der Waals surface area contributed by atoms with Crippen molar-refractivity contribution in [2.45, 2.75) is 41.2 Å². The lowest BCUT2D eigenvalue weighted by Gasteiger charge is -2.10. The average Bonchev–Trinajstić information content (AvgIpc) is 3.24. The highest BCUT2D eigenvalue weighted by Crippen LogP contribution is 2.22. The van der Waals surface area contributed by atoms with E-state index in [4.69, 9.17) is 0 Å². The van der Waals surface area contributed by atoms with E-state index < -0.39 is 0 Å². The quantitative estimate of drug-likeness (QED) is 0.668. The Bertz CT molecular complexity index is 1030. The van der Waals surface area contributed by atoms with Gasteiger partial charge in [-0.3, -0.25) is 14.3 Å². The summed E-state index contributed by atoms with van der Waals surface area (Å²) in [6.45, 7) is 10.1. The predicted molar refractivity (Wildman–Crippen MR) is 112 cm³/mol. The molecule has 2 N–H and O–H groups in total. The van der Waals surface area contributed by atoms with Crippen molar-refractivity contribution in [3.8, 4) is 5.69 Å². The van der Waals surface area contributed by atoms with E-state index in [1.165, 1.54) is 0 Å². The summed E-state index contributed by atoms with van der Waals surface area (Å²) in [4.78, 5) is 25.1. The van der Waals surface area contributed by atoms with Gasteiger partial charge in [0, 0.05) is 18.5 Å². The molecule has 0 saturated heterocycles. The lowest BCUT2D eigenvalue weighted by Crippen LogP contribution is -2.19. The molecule has 152 valence electrons. The molecule has 0 atom stereocenters. The molecule has 1 aromatic carbocycles. The number of aryl methyl sites for hydroxylation is 2. The number of rotatable bonds is 6. The van der Waals surface area contributed by atoms with E-state index in [-0.39, 0.29) is 23.4 Å². The molecule has 0 fully saturated rings. The number of anilines is 2. The van der Waals surface area contributed by atoms with Crippen LogP contribution >= 0.6 is 0 Å². The second kappa shape index (κ2) is 8.30. The monoisotopic (exact) mass is 394 g/mol. The third-order valence-corrected chi connectivity index (χ3v) is 4.64. The van der Waals surface area contributed by atoms with E-state index in [0.29, 0.717) is 11.5 Å². The number of benzene rings is 1. The van der Waals surface area contributed by atoms with Gasteiger partial charge in [-0.2, -0.15) is 10.2 Å². The molecule has 0 unspecified atom stereocenters. The fourth-order valence-corrected chi connectivity index (χ4v) is 2.98. The zero-order valence-electron chi connectivity index (χ0n) is 17.4. The number of carbonyl (C=O) groups is 2. The SMILES string of the molecule is CCn1nc(C)c(NC(=O)c2cc(NC(=O)C(C)C)n(-c3ccccc3)n2)c1C. The van der Waals surface area contributed by atoms with Gasteiger partial charge in [0.15, 0.2) is 5.69 Å². The number of hydrogen-bond donors (Lipinski definition) is 2. The first-order valence-corrected chi connectivity index (χ1v) is 9.63. The maximum atomic E-state index is 12.9. The molecule has 0 bridgehead atoms. The van der Waals surface area contributed by atoms with E-state index in [1.807, 2.05) is 69.6 Å². The molecule has 0 aliphatic carbocycles. The van der Waals surface area contributed by atoms with Crippen LogP contribution in [0.4, 0.5) is 11.5 Å². The highest BCUT2D eigenvalue weighted by molar-refractivity contribution is 6.04. The molecule has 2 heterocycles. The molecule has 3 rings (SSSR count). The van der Waals surface area contributed by atoms with Crippen LogP contribution in [0.3, 0.4) is 0 Å². The van der Waals surface area contributed by atoms with Crippen LogP contribution in [-0.4, -0.2) is 31.4 Å². The second-order valence-corrected chi connectivity index (χ2v) is 7.12. The number of para-hydroxylation sites is 1. The van der Waals surface area contributed by atoms with Gasteiger partial charge in [-0.25, -0.2) is 4.68 Å². The van der Waals surface area contributed by atoms with Crippen molar-refractivity contribution in [1.29, 1.82) is 0 Å². The fourth-order valence-electron chi connectivity index (χ4n) is 2.98. The first-order valence-electron chi connectivity index (χ1n) is 9.63. The highest BCUT2D eigenvalue weighted by atomic mass is 16.2. The minimum Gasteiger partial charge on any atom is -0.317 e.